The number of rotatable bonds is 11. The molecular formula is C27H37N2P. The fourth-order valence-corrected chi connectivity index (χ4v) is 6.95. The second-order valence-electron chi connectivity index (χ2n) is 8.11. The van der Waals surface area contributed by atoms with Crippen LogP contribution in [0.15, 0.2) is 84.2 Å². The normalized spacial score (nSPS) is 17.2. The average molecular weight is 421 g/mol. The molecule has 2 aromatic carbocycles. The van der Waals surface area contributed by atoms with E-state index in [1.165, 1.54) is 23.6 Å². The molecule has 2 atom stereocenters. The summed E-state index contributed by atoms with van der Waals surface area (Å²) in [6, 6.07) is 22.6. The highest BCUT2D eigenvalue weighted by Crippen LogP contribution is 2.50. The van der Waals surface area contributed by atoms with Crippen LogP contribution in [0.5, 0.6) is 0 Å². The molecule has 3 heteroatoms. The Kier molecular flexibility index (Phi) is 8.88. The van der Waals surface area contributed by atoms with Crippen LogP contribution in [-0.2, 0) is 0 Å². The first-order valence-electron chi connectivity index (χ1n) is 11.4. The molecule has 0 radical (unpaired) electrons. The van der Waals surface area contributed by atoms with E-state index in [0.29, 0.717) is 12.0 Å². The van der Waals surface area contributed by atoms with Crippen molar-refractivity contribution >= 4 is 18.5 Å². The second-order valence-corrected chi connectivity index (χ2v) is 10.3. The first kappa shape index (κ1) is 22.9. The van der Waals surface area contributed by atoms with E-state index in [2.05, 4.69) is 117 Å². The van der Waals surface area contributed by atoms with E-state index < -0.39 is 7.92 Å². The lowest BCUT2D eigenvalue weighted by molar-refractivity contribution is 0.209. The Morgan fingerprint density at radius 3 is 1.97 bits per heavy atom. The lowest BCUT2D eigenvalue weighted by Gasteiger charge is -2.34. The van der Waals surface area contributed by atoms with Gasteiger partial charge >= 0.3 is 0 Å². The van der Waals surface area contributed by atoms with Gasteiger partial charge in [0.2, 0.25) is 0 Å². The topological polar surface area (TPSA) is 6.48 Å². The molecule has 0 heterocycles. The van der Waals surface area contributed by atoms with Crippen LogP contribution >= 0.6 is 7.92 Å². The maximum Gasteiger partial charge on any atom is 0.0185 e. The Morgan fingerprint density at radius 2 is 1.43 bits per heavy atom. The van der Waals surface area contributed by atoms with Gasteiger partial charge in [0.05, 0.1) is 0 Å². The van der Waals surface area contributed by atoms with Crippen molar-refractivity contribution in [2.24, 2.45) is 5.92 Å². The van der Waals surface area contributed by atoms with Crippen molar-refractivity contribution in [3.8, 4) is 0 Å². The maximum absolute atomic E-state index is 2.56. The molecule has 0 bridgehead atoms. The predicted octanol–water partition coefficient (Wildman–Crippen LogP) is 5.24. The van der Waals surface area contributed by atoms with Crippen LogP contribution in [0.2, 0.25) is 0 Å². The Labute approximate surface area is 185 Å². The van der Waals surface area contributed by atoms with Crippen LogP contribution < -0.4 is 10.6 Å². The Bertz CT molecular complexity index is 772. The molecule has 0 saturated carbocycles. The number of hydrogen-bond acceptors (Lipinski definition) is 2. The molecule has 30 heavy (non-hydrogen) atoms. The molecule has 3 rings (SSSR count). The smallest absolute Gasteiger partial charge is 0.0185 e. The van der Waals surface area contributed by atoms with Crippen molar-refractivity contribution in [1.29, 1.82) is 0 Å². The van der Waals surface area contributed by atoms with E-state index in [0.717, 1.165) is 19.6 Å². The minimum atomic E-state index is -0.513. The van der Waals surface area contributed by atoms with Gasteiger partial charge in [-0.2, -0.15) is 0 Å². The molecule has 0 amide bonds. The largest absolute Gasteiger partial charge is 0.304 e. The third-order valence-electron chi connectivity index (χ3n) is 6.31. The monoisotopic (exact) mass is 420 g/mol. The van der Waals surface area contributed by atoms with Crippen molar-refractivity contribution in [3.63, 3.8) is 0 Å². The van der Waals surface area contributed by atoms with E-state index in [4.69, 9.17) is 0 Å². The van der Waals surface area contributed by atoms with Gasteiger partial charge in [-0.15, -0.1) is 0 Å². The number of hydrogen-bond donors (Lipinski definition) is 0. The van der Waals surface area contributed by atoms with E-state index in [-0.39, 0.29) is 0 Å². The first-order chi connectivity index (χ1) is 14.7. The van der Waals surface area contributed by atoms with Gasteiger partial charge < -0.3 is 9.80 Å². The molecule has 0 fully saturated rings. The minimum Gasteiger partial charge on any atom is -0.304 e. The van der Waals surface area contributed by atoms with Crippen molar-refractivity contribution < 1.29 is 0 Å². The van der Waals surface area contributed by atoms with Crippen molar-refractivity contribution in [3.05, 3.63) is 84.2 Å². The quantitative estimate of drug-likeness (QED) is 0.459. The van der Waals surface area contributed by atoms with Gasteiger partial charge in [0.15, 0.2) is 0 Å². The zero-order valence-electron chi connectivity index (χ0n) is 19.0. The van der Waals surface area contributed by atoms with Crippen LogP contribution in [0.3, 0.4) is 0 Å². The maximum atomic E-state index is 2.56. The van der Waals surface area contributed by atoms with E-state index in [9.17, 15) is 0 Å². The number of allylic oxidation sites excluding steroid dienone is 2. The first-order valence-corrected chi connectivity index (χ1v) is 12.7. The fraction of sp³-hybridized carbons (Fsp3) is 0.407. The highest BCUT2D eigenvalue weighted by molar-refractivity contribution is 7.76. The lowest BCUT2D eigenvalue weighted by atomic mass is 10.0. The standard InChI is InChI=1S/C27H37N2P/c1-5-29(6-2)22-14-21-28(4)23(3)26-19-13-20-27(26)30(24-15-9-7-10-16-24)25-17-11-8-12-18-25/h7-13,15-20,23,26H,5-6,14,21-22H2,1-4H3/t23-,26?/m0/s1. The molecule has 160 valence electrons. The molecule has 1 unspecified atom stereocenters. The molecule has 0 spiro atoms. The van der Waals surface area contributed by atoms with E-state index in [1.807, 2.05) is 0 Å². The predicted molar refractivity (Wildman–Crippen MR) is 134 cm³/mol. The molecule has 0 aliphatic heterocycles. The molecule has 1 aliphatic rings. The molecule has 2 aromatic rings. The minimum absolute atomic E-state index is 0.468. The van der Waals surface area contributed by atoms with E-state index >= 15 is 0 Å². The molecule has 0 saturated heterocycles. The Morgan fingerprint density at radius 1 is 0.867 bits per heavy atom. The van der Waals surface area contributed by atoms with E-state index in [1.54, 1.807) is 5.31 Å². The van der Waals surface area contributed by atoms with Crippen molar-refractivity contribution in [1.82, 2.24) is 9.80 Å². The zero-order chi connectivity index (χ0) is 21.3. The third-order valence-corrected chi connectivity index (χ3v) is 8.90. The number of nitrogens with zero attached hydrogens (tertiary/aromatic N) is 2. The van der Waals surface area contributed by atoms with Gasteiger partial charge in [0.25, 0.3) is 0 Å². The summed E-state index contributed by atoms with van der Waals surface area (Å²) < 4.78 is 0. The molecule has 2 nitrogen and oxygen atoms in total. The Hall–Kier alpha value is -1.73. The summed E-state index contributed by atoms with van der Waals surface area (Å²) >= 11 is 0. The van der Waals surface area contributed by atoms with Gasteiger partial charge in [0.1, 0.15) is 0 Å². The molecular weight excluding hydrogens is 383 g/mol. The van der Waals surface area contributed by atoms with Crippen molar-refractivity contribution in [2.75, 3.05) is 33.2 Å². The van der Waals surface area contributed by atoms with Gasteiger partial charge in [-0.05, 0) is 70.4 Å². The van der Waals surface area contributed by atoms with Gasteiger partial charge in [-0.1, -0.05) is 92.7 Å². The van der Waals surface area contributed by atoms with Crippen LogP contribution in [0.1, 0.15) is 27.2 Å². The zero-order valence-corrected chi connectivity index (χ0v) is 19.9. The SMILES string of the molecule is CCN(CC)CCCN(C)[C@@H](C)C1C=CC=C1P(c1ccccc1)c1ccccc1. The summed E-state index contributed by atoms with van der Waals surface area (Å²) in [5.74, 6) is 0.468. The fourth-order valence-electron chi connectivity index (χ4n) is 4.28. The lowest BCUT2D eigenvalue weighted by Crippen LogP contribution is -2.37. The van der Waals surface area contributed by atoms with Gasteiger partial charge in [-0.3, -0.25) is 0 Å². The highest BCUT2D eigenvalue weighted by atomic mass is 31.1. The molecule has 0 N–H and O–H groups in total. The summed E-state index contributed by atoms with van der Waals surface area (Å²) in [5, 5.41) is 4.45. The van der Waals surface area contributed by atoms with Crippen LogP contribution in [0, 0.1) is 5.92 Å². The summed E-state index contributed by atoms with van der Waals surface area (Å²) in [6.45, 7) is 11.5. The van der Waals surface area contributed by atoms with Gasteiger partial charge in [0, 0.05) is 12.0 Å². The highest BCUT2D eigenvalue weighted by Gasteiger charge is 2.31. The summed E-state index contributed by atoms with van der Waals surface area (Å²) in [4.78, 5) is 5.07. The summed E-state index contributed by atoms with van der Waals surface area (Å²) in [6.07, 6.45) is 8.31. The summed E-state index contributed by atoms with van der Waals surface area (Å²) in [5.41, 5.74) is 0. The third kappa shape index (κ3) is 5.70. The second kappa shape index (κ2) is 11.6. The van der Waals surface area contributed by atoms with Crippen LogP contribution in [-0.4, -0.2) is 49.1 Å². The van der Waals surface area contributed by atoms with Gasteiger partial charge in [-0.25, -0.2) is 0 Å². The molecule has 0 aromatic heterocycles. The Balaban J connectivity index is 1.76. The molecule has 1 aliphatic carbocycles. The average Bonchev–Trinajstić information content (AvgIpc) is 3.27. The summed E-state index contributed by atoms with van der Waals surface area (Å²) in [7, 11) is 1.78. The van der Waals surface area contributed by atoms with Crippen molar-refractivity contribution in [2.45, 2.75) is 33.2 Å². The van der Waals surface area contributed by atoms with Crippen LogP contribution in [0.4, 0.5) is 0 Å². The number of benzene rings is 2. The van der Waals surface area contributed by atoms with Crippen LogP contribution in [0.25, 0.3) is 0 Å².